The second kappa shape index (κ2) is 5.38. The van der Waals surface area contributed by atoms with Crippen molar-refractivity contribution in [2.45, 2.75) is 13.0 Å². The largest absolute Gasteiger partial charge is 0.357 e. The van der Waals surface area contributed by atoms with Crippen LogP contribution in [0.25, 0.3) is 10.2 Å². The molecule has 104 valence electrons. The van der Waals surface area contributed by atoms with Crippen molar-refractivity contribution in [3.8, 4) is 0 Å². The van der Waals surface area contributed by atoms with Crippen LogP contribution in [0.4, 0.5) is 11.8 Å². The van der Waals surface area contributed by atoms with Gasteiger partial charge in [-0.05, 0) is 29.8 Å². The van der Waals surface area contributed by atoms with Crippen molar-refractivity contribution in [3.05, 3.63) is 33.8 Å². The number of rotatable bonds is 4. The molecule has 3 aromatic heterocycles. The van der Waals surface area contributed by atoms with Crippen LogP contribution in [0.15, 0.2) is 29.0 Å². The fourth-order valence-electron chi connectivity index (χ4n) is 2.12. The summed E-state index contributed by atoms with van der Waals surface area (Å²) in [5.41, 5.74) is 0. The van der Waals surface area contributed by atoms with Gasteiger partial charge in [0.05, 0.1) is 11.4 Å². The van der Waals surface area contributed by atoms with Gasteiger partial charge < -0.3 is 10.2 Å². The Morgan fingerprint density at radius 1 is 1.20 bits per heavy atom. The molecule has 0 saturated carbocycles. The zero-order valence-corrected chi connectivity index (χ0v) is 13.3. The molecule has 0 bridgehead atoms. The van der Waals surface area contributed by atoms with E-state index in [0.29, 0.717) is 5.95 Å². The standard InChI is InChI=1S/C14H16N4S2/c1-9(11-5-4-7-19-11)18(3)12-10-6-8-20-13(10)17-14(15-2)16-12/h4-9H,1-3H3,(H,15,16,17). The summed E-state index contributed by atoms with van der Waals surface area (Å²) in [5.74, 6) is 1.64. The topological polar surface area (TPSA) is 41.1 Å². The summed E-state index contributed by atoms with van der Waals surface area (Å²) in [5, 5.41) is 8.32. The highest BCUT2D eigenvalue weighted by atomic mass is 32.1. The number of hydrogen-bond donors (Lipinski definition) is 1. The fourth-order valence-corrected chi connectivity index (χ4v) is 3.71. The Bertz CT molecular complexity index is 705. The highest BCUT2D eigenvalue weighted by Crippen LogP contribution is 2.33. The Morgan fingerprint density at radius 3 is 2.75 bits per heavy atom. The zero-order valence-electron chi connectivity index (χ0n) is 11.6. The maximum atomic E-state index is 4.64. The van der Waals surface area contributed by atoms with Gasteiger partial charge >= 0.3 is 0 Å². The average Bonchev–Trinajstić information content (AvgIpc) is 3.15. The molecule has 0 aliphatic carbocycles. The first-order chi connectivity index (χ1) is 9.70. The van der Waals surface area contributed by atoms with Crippen LogP contribution in [-0.4, -0.2) is 24.1 Å². The van der Waals surface area contributed by atoms with Gasteiger partial charge in [-0.1, -0.05) is 6.07 Å². The first-order valence-electron chi connectivity index (χ1n) is 6.40. The summed E-state index contributed by atoms with van der Waals surface area (Å²) in [6.45, 7) is 2.20. The molecule has 3 heterocycles. The lowest BCUT2D eigenvalue weighted by atomic mass is 10.2. The maximum absolute atomic E-state index is 4.64. The molecule has 1 atom stereocenters. The molecular formula is C14H16N4S2. The smallest absolute Gasteiger partial charge is 0.225 e. The molecule has 0 amide bonds. The third-order valence-corrected chi connectivity index (χ3v) is 5.25. The number of anilines is 2. The molecule has 0 aromatic carbocycles. The number of nitrogens with zero attached hydrogens (tertiary/aromatic N) is 3. The van der Waals surface area contributed by atoms with Crippen molar-refractivity contribution in [3.63, 3.8) is 0 Å². The maximum Gasteiger partial charge on any atom is 0.225 e. The molecule has 0 saturated heterocycles. The van der Waals surface area contributed by atoms with Crippen molar-refractivity contribution in [2.24, 2.45) is 0 Å². The van der Waals surface area contributed by atoms with E-state index in [-0.39, 0.29) is 6.04 Å². The van der Waals surface area contributed by atoms with Crippen molar-refractivity contribution < 1.29 is 0 Å². The summed E-state index contributed by atoms with van der Waals surface area (Å²) >= 11 is 3.42. The minimum Gasteiger partial charge on any atom is -0.357 e. The zero-order chi connectivity index (χ0) is 14.1. The summed E-state index contributed by atoms with van der Waals surface area (Å²) in [6.07, 6.45) is 0. The van der Waals surface area contributed by atoms with Gasteiger partial charge in [0.1, 0.15) is 10.6 Å². The number of aromatic nitrogens is 2. The molecule has 0 radical (unpaired) electrons. The Morgan fingerprint density at radius 2 is 2.05 bits per heavy atom. The van der Waals surface area contributed by atoms with E-state index < -0.39 is 0 Å². The molecule has 0 aliphatic heterocycles. The van der Waals surface area contributed by atoms with E-state index >= 15 is 0 Å². The van der Waals surface area contributed by atoms with Crippen LogP contribution < -0.4 is 10.2 Å². The second-order valence-corrected chi connectivity index (χ2v) is 6.44. The van der Waals surface area contributed by atoms with Crippen molar-refractivity contribution >= 4 is 44.7 Å². The monoisotopic (exact) mass is 304 g/mol. The Balaban J connectivity index is 2.06. The summed E-state index contributed by atoms with van der Waals surface area (Å²) < 4.78 is 0. The van der Waals surface area contributed by atoms with E-state index in [1.54, 1.807) is 22.7 Å². The first-order valence-corrected chi connectivity index (χ1v) is 8.16. The fraction of sp³-hybridized carbons (Fsp3) is 0.286. The van der Waals surface area contributed by atoms with Gasteiger partial charge in [0, 0.05) is 19.0 Å². The predicted octanol–water partition coefficient (Wildman–Crippen LogP) is 3.99. The van der Waals surface area contributed by atoms with Crippen LogP contribution in [0.2, 0.25) is 0 Å². The quantitative estimate of drug-likeness (QED) is 0.791. The van der Waals surface area contributed by atoms with Gasteiger partial charge in [0.2, 0.25) is 5.95 Å². The molecule has 3 aromatic rings. The van der Waals surface area contributed by atoms with E-state index in [1.165, 1.54) is 4.88 Å². The van der Waals surface area contributed by atoms with Crippen LogP contribution in [0.1, 0.15) is 17.8 Å². The van der Waals surface area contributed by atoms with Crippen LogP contribution >= 0.6 is 22.7 Å². The number of thiophene rings is 2. The Hall–Kier alpha value is -1.66. The van der Waals surface area contributed by atoms with E-state index in [1.807, 2.05) is 7.05 Å². The number of fused-ring (bicyclic) bond motifs is 1. The van der Waals surface area contributed by atoms with Crippen molar-refractivity contribution in [1.29, 1.82) is 0 Å². The molecule has 4 nitrogen and oxygen atoms in total. The molecule has 1 unspecified atom stereocenters. The van der Waals surface area contributed by atoms with E-state index in [0.717, 1.165) is 16.0 Å². The van der Waals surface area contributed by atoms with Gasteiger partial charge in [-0.15, -0.1) is 22.7 Å². The molecule has 3 rings (SSSR count). The van der Waals surface area contributed by atoms with Gasteiger partial charge in [-0.3, -0.25) is 0 Å². The predicted molar refractivity (Wildman–Crippen MR) is 88.1 cm³/mol. The van der Waals surface area contributed by atoms with Gasteiger partial charge in [-0.2, -0.15) is 4.98 Å². The van der Waals surface area contributed by atoms with E-state index in [4.69, 9.17) is 0 Å². The van der Waals surface area contributed by atoms with Gasteiger partial charge in [-0.25, -0.2) is 4.98 Å². The summed E-state index contributed by atoms with van der Waals surface area (Å²) in [6, 6.07) is 6.63. The van der Waals surface area contributed by atoms with E-state index in [2.05, 4.69) is 63.1 Å². The highest BCUT2D eigenvalue weighted by Gasteiger charge is 2.18. The Labute approximate surface area is 126 Å². The Kier molecular flexibility index (Phi) is 3.58. The van der Waals surface area contributed by atoms with Crippen molar-refractivity contribution in [1.82, 2.24) is 9.97 Å². The second-order valence-electron chi connectivity index (χ2n) is 4.56. The lowest BCUT2D eigenvalue weighted by Crippen LogP contribution is -2.22. The highest BCUT2D eigenvalue weighted by molar-refractivity contribution is 7.16. The van der Waals surface area contributed by atoms with Crippen LogP contribution in [0.5, 0.6) is 0 Å². The molecule has 6 heteroatoms. The van der Waals surface area contributed by atoms with Gasteiger partial charge in [0.15, 0.2) is 0 Å². The lowest BCUT2D eigenvalue weighted by molar-refractivity contribution is 0.745. The average molecular weight is 304 g/mol. The summed E-state index contributed by atoms with van der Waals surface area (Å²) in [4.78, 5) is 13.7. The van der Waals surface area contributed by atoms with Crippen molar-refractivity contribution in [2.75, 3.05) is 24.3 Å². The van der Waals surface area contributed by atoms with Crippen LogP contribution in [0, 0.1) is 0 Å². The molecule has 0 spiro atoms. The van der Waals surface area contributed by atoms with Gasteiger partial charge in [0.25, 0.3) is 0 Å². The minimum absolute atomic E-state index is 0.290. The van der Waals surface area contributed by atoms with Crippen LogP contribution in [0.3, 0.4) is 0 Å². The normalized spacial score (nSPS) is 12.6. The summed E-state index contributed by atoms with van der Waals surface area (Å²) in [7, 11) is 3.94. The van der Waals surface area contributed by atoms with E-state index in [9.17, 15) is 0 Å². The molecule has 20 heavy (non-hydrogen) atoms. The molecular weight excluding hydrogens is 288 g/mol. The third-order valence-electron chi connectivity index (χ3n) is 3.40. The molecule has 0 fully saturated rings. The van der Waals surface area contributed by atoms with Crippen LogP contribution in [-0.2, 0) is 0 Å². The third kappa shape index (κ3) is 2.25. The number of hydrogen-bond acceptors (Lipinski definition) is 6. The molecule has 1 N–H and O–H groups in total. The number of nitrogens with one attached hydrogen (secondary N) is 1. The SMILES string of the molecule is CNc1nc(N(C)C(C)c2cccs2)c2ccsc2n1. The minimum atomic E-state index is 0.290. The molecule has 0 aliphatic rings. The first kappa shape index (κ1) is 13.3. The lowest BCUT2D eigenvalue weighted by Gasteiger charge is -2.26.